The summed E-state index contributed by atoms with van der Waals surface area (Å²) in [4.78, 5) is 12.2. The van der Waals surface area contributed by atoms with Gasteiger partial charge < -0.3 is 14.6 Å². The lowest BCUT2D eigenvalue weighted by molar-refractivity contribution is -0.154. The molecule has 0 aliphatic rings. The van der Waals surface area contributed by atoms with Crippen molar-refractivity contribution in [2.45, 2.75) is 168 Å². The molecule has 0 aromatic heterocycles. The first-order valence-corrected chi connectivity index (χ1v) is 20.3. The van der Waals surface area contributed by atoms with Gasteiger partial charge in [-0.3, -0.25) is 4.79 Å². The monoisotopic (exact) mass is 693 g/mol. The summed E-state index contributed by atoms with van der Waals surface area (Å²) >= 11 is 0. The van der Waals surface area contributed by atoms with Gasteiger partial charge in [-0.15, -0.1) is 0 Å². The van der Waals surface area contributed by atoms with Crippen LogP contribution in [0.5, 0.6) is 0 Å². The van der Waals surface area contributed by atoms with E-state index in [1.165, 1.54) is 57.8 Å². The van der Waals surface area contributed by atoms with Crippen LogP contribution in [0.1, 0.15) is 162 Å². The van der Waals surface area contributed by atoms with Crippen molar-refractivity contribution in [3.05, 3.63) is 97.2 Å². The van der Waals surface area contributed by atoms with Crippen molar-refractivity contribution in [3.8, 4) is 0 Å². The highest BCUT2D eigenvalue weighted by Gasteiger charge is 2.13. The standard InChI is InChI=1S/C46H76O4/c1-3-5-7-9-11-13-15-17-18-19-20-21-22-23-24-25-26-27-28-29-31-33-35-37-39-41-46(48)50-45(43-47)44-49-42-40-38-36-34-32-30-16-14-12-10-8-6-4-2/h5,7,11-14,17-18,20-21,23-24,26-27,29,31,45,47H,3-4,6,8-10,15-16,19,22,25,28,30,32-44H2,1-2H3/b7-5-,13-11-,14-12-,18-17-,21-20-,24-23-,27-26-,31-29-. The third kappa shape index (κ3) is 39.7. The summed E-state index contributed by atoms with van der Waals surface area (Å²) in [6, 6.07) is 0. The van der Waals surface area contributed by atoms with E-state index in [0.717, 1.165) is 83.5 Å². The van der Waals surface area contributed by atoms with Gasteiger partial charge in [0.1, 0.15) is 6.10 Å². The third-order valence-corrected chi connectivity index (χ3v) is 8.14. The molecule has 0 amide bonds. The van der Waals surface area contributed by atoms with Crippen molar-refractivity contribution in [2.24, 2.45) is 0 Å². The fraction of sp³-hybridized carbons (Fsp3) is 0.630. The molecule has 0 aromatic rings. The van der Waals surface area contributed by atoms with Crippen LogP contribution >= 0.6 is 0 Å². The quantitative estimate of drug-likeness (QED) is 0.0403. The largest absolute Gasteiger partial charge is 0.457 e. The SMILES string of the molecule is CC/C=C\C/C=C\C/C=C\C/C=C\C/C=C\C/C=C\C/C=C\CCCCCC(=O)OC(CO)COCCCCCCCC/C=C\CCCCC. The van der Waals surface area contributed by atoms with E-state index < -0.39 is 6.10 Å². The van der Waals surface area contributed by atoms with Gasteiger partial charge in [0.15, 0.2) is 0 Å². The molecular weight excluding hydrogens is 617 g/mol. The molecule has 0 saturated carbocycles. The number of carbonyl (C=O) groups is 1. The minimum Gasteiger partial charge on any atom is -0.457 e. The number of carbonyl (C=O) groups excluding carboxylic acids is 1. The Morgan fingerprint density at radius 1 is 0.500 bits per heavy atom. The molecule has 0 aromatic carbocycles. The van der Waals surface area contributed by atoms with Gasteiger partial charge in [-0.2, -0.15) is 0 Å². The number of hydrogen-bond donors (Lipinski definition) is 1. The van der Waals surface area contributed by atoms with E-state index in [4.69, 9.17) is 9.47 Å². The fourth-order valence-electron chi connectivity index (χ4n) is 5.12. The summed E-state index contributed by atoms with van der Waals surface area (Å²) in [6.45, 7) is 5.14. The summed E-state index contributed by atoms with van der Waals surface area (Å²) in [7, 11) is 0. The Hall–Kier alpha value is -2.69. The lowest BCUT2D eigenvalue weighted by Crippen LogP contribution is -2.27. The average molecular weight is 693 g/mol. The molecule has 0 rings (SSSR count). The first-order chi connectivity index (χ1) is 24.7. The fourth-order valence-corrected chi connectivity index (χ4v) is 5.12. The topological polar surface area (TPSA) is 55.8 Å². The van der Waals surface area contributed by atoms with E-state index in [2.05, 4.69) is 111 Å². The van der Waals surface area contributed by atoms with Crippen molar-refractivity contribution in [1.29, 1.82) is 0 Å². The Bertz CT molecular complexity index is 949. The summed E-state index contributed by atoms with van der Waals surface area (Å²) in [5, 5.41) is 9.57. The summed E-state index contributed by atoms with van der Waals surface area (Å²) in [5.74, 6) is -0.239. The maximum atomic E-state index is 12.2. The molecule has 50 heavy (non-hydrogen) atoms. The summed E-state index contributed by atoms with van der Waals surface area (Å²) in [5.41, 5.74) is 0. The Morgan fingerprint density at radius 2 is 0.900 bits per heavy atom. The predicted octanol–water partition coefficient (Wildman–Crippen LogP) is 13.4. The van der Waals surface area contributed by atoms with Crippen LogP contribution in [-0.2, 0) is 14.3 Å². The third-order valence-electron chi connectivity index (χ3n) is 8.14. The molecule has 0 saturated heterocycles. The lowest BCUT2D eigenvalue weighted by atomic mass is 10.1. The van der Waals surface area contributed by atoms with Crippen molar-refractivity contribution in [1.82, 2.24) is 0 Å². The highest BCUT2D eigenvalue weighted by molar-refractivity contribution is 5.69. The number of hydrogen-bond acceptors (Lipinski definition) is 4. The molecule has 4 heteroatoms. The molecule has 1 N–H and O–H groups in total. The zero-order valence-electron chi connectivity index (χ0n) is 32.4. The first kappa shape index (κ1) is 47.3. The van der Waals surface area contributed by atoms with Crippen LogP contribution in [0, 0.1) is 0 Å². The van der Waals surface area contributed by atoms with Crippen LogP contribution in [0.3, 0.4) is 0 Å². The number of aliphatic hydroxyl groups excluding tert-OH is 1. The molecule has 1 atom stereocenters. The smallest absolute Gasteiger partial charge is 0.306 e. The second-order valence-electron chi connectivity index (χ2n) is 13.0. The molecule has 0 spiro atoms. The molecule has 0 bridgehead atoms. The van der Waals surface area contributed by atoms with E-state index in [9.17, 15) is 9.90 Å². The van der Waals surface area contributed by atoms with Gasteiger partial charge in [-0.1, -0.05) is 156 Å². The second-order valence-corrected chi connectivity index (χ2v) is 13.0. The molecule has 0 heterocycles. The zero-order chi connectivity index (χ0) is 36.3. The van der Waals surface area contributed by atoms with Gasteiger partial charge in [0.2, 0.25) is 0 Å². The number of rotatable bonds is 36. The van der Waals surface area contributed by atoms with Crippen LogP contribution in [0.4, 0.5) is 0 Å². The molecule has 284 valence electrons. The summed E-state index contributed by atoms with van der Waals surface area (Å²) < 4.78 is 11.1. The van der Waals surface area contributed by atoms with Gasteiger partial charge >= 0.3 is 5.97 Å². The highest BCUT2D eigenvalue weighted by atomic mass is 16.6. The highest BCUT2D eigenvalue weighted by Crippen LogP contribution is 2.10. The predicted molar refractivity (Wildman–Crippen MR) is 218 cm³/mol. The first-order valence-electron chi connectivity index (χ1n) is 20.3. The maximum Gasteiger partial charge on any atom is 0.306 e. The van der Waals surface area contributed by atoms with Crippen LogP contribution in [0.15, 0.2) is 97.2 Å². The van der Waals surface area contributed by atoms with Crippen LogP contribution < -0.4 is 0 Å². The minimum atomic E-state index is -0.561. The number of unbranched alkanes of at least 4 members (excludes halogenated alkanes) is 12. The number of aliphatic hydroxyl groups is 1. The van der Waals surface area contributed by atoms with E-state index in [-0.39, 0.29) is 19.2 Å². The van der Waals surface area contributed by atoms with Gasteiger partial charge in [-0.25, -0.2) is 0 Å². The Kier molecular flexibility index (Phi) is 40.2. The average Bonchev–Trinajstić information content (AvgIpc) is 3.12. The van der Waals surface area contributed by atoms with Gasteiger partial charge in [0.05, 0.1) is 13.2 Å². The molecular formula is C46H76O4. The molecule has 0 radical (unpaired) electrons. The van der Waals surface area contributed by atoms with Gasteiger partial charge in [0.25, 0.3) is 0 Å². The molecule has 0 aliphatic heterocycles. The van der Waals surface area contributed by atoms with Crippen LogP contribution in [-0.4, -0.2) is 37.0 Å². The zero-order valence-corrected chi connectivity index (χ0v) is 32.4. The number of allylic oxidation sites excluding steroid dienone is 16. The number of ether oxygens (including phenoxy) is 2. The molecule has 1 unspecified atom stereocenters. The Labute approximate surface area is 309 Å². The van der Waals surface area contributed by atoms with Crippen LogP contribution in [0.25, 0.3) is 0 Å². The molecule has 0 aliphatic carbocycles. The van der Waals surface area contributed by atoms with E-state index in [1.54, 1.807) is 0 Å². The lowest BCUT2D eigenvalue weighted by Gasteiger charge is -2.15. The Balaban J connectivity index is 3.61. The van der Waals surface area contributed by atoms with Crippen molar-refractivity contribution in [3.63, 3.8) is 0 Å². The van der Waals surface area contributed by atoms with E-state index in [0.29, 0.717) is 13.0 Å². The normalized spacial score (nSPS) is 13.4. The summed E-state index contributed by atoms with van der Waals surface area (Å²) in [6.07, 6.45) is 60.3. The van der Waals surface area contributed by atoms with Crippen LogP contribution in [0.2, 0.25) is 0 Å². The minimum absolute atomic E-state index is 0.194. The molecule has 4 nitrogen and oxygen atoms in total. The van der Waals surface area contributed by atoms with Gasteiger partial charge in [0, 0.05) is 13.0 Å². The Morgan fingerprint density at radius 3 is 1.38 bits per heavy atom. The van der Waals surface area contributed by atoms with Gasteiger partial charge in [-0.05, 0) is 96.3 Å². The van der Waals surface area contributed by atoms with Crippen molar-refractivity contribution < 1.29 is 19.4 Å². The van der Waals surface area contributed by atoms with E-state index >= 15 is 0 Å². The second kappa shape index (κ2) is 42.5. The van der Waals surface area contributed by atoms with E-state index in [1.807, 2.05) is 0 Å². The number of esters is 1. The molecule has 0 fully saturated rings. The van der Waals surface area contributed by atoms with Crippen molar-refractivity contribution >= 4 is 5.97 Å². The maximum absolute atomic E-state index is 12.2. The van der Waals surface area contributed by atoms with Crippen molar-refractivity contribution in [2.75, 3.05) is 19.8 Å².